The van der Waals surface area contributed by atoms with E-state index in [4.69, 9.17) is 4.74 Å². The van der Waals surface area contributed by atoms with Crippen molar-refractivity contribution in [1.29, 1.82) is 0 Å². The molecule has 0 saturated heterocycles. The summed E-state index contributed by atoms with van der Waals surface area (Å²) in [6.07, 6.45) is 2.95. The average molecular weight is 323 g/mol. The van der Waals surface area contributed by atoms with Crippen LogP contribution in [0.2, 0.25) is 0 Å². The van der Waals surface area contributed by atoms with Crippen molar-refractivity contribution in [2.75, 3.05) is 13.2 Å². The van der Waals surface area contributed by atoms with Gasteiger partial charge in [-0.15, -0.1) is 0 Å². The molecule has 0 spiro atoms. The number of benzene rings is 2. The predicted octanol–water partition coefficient (Wildman–Crippen LogP) is 4.16. The molecule has 0 aliphatic heterocycles. The Labute approximate surface area is 144 Å². The van der Waals surface area contributed by atoms with Gasteiger partial charge in [0.2, 0.25) is 0 Å². The number of hydrogen-bond acceptors (Lipinski definition) is 2. The predicted molar refractivity (Wildman–Crippen MR) is 99.5 cm³/mol. The maximum atomic E-state index is 12.6. The van der Waals surface area contributed by atoms with E-state index in [-0.39, 0.29) is 12.0 Å². The van der Waals surface area contributed by atoms with E-state index in [0.717, 1.165) is 17.5 Å². The van der Waals surface area contributed by atoms with E-state index >= 15 is 0 Å². The van der Waals surface area contributed by atoms with Crippen molar-refractivity contribution in [2.45, 2.75) is 26.4 Å². The highest BCUT2D eigenvalue weighted by molar-refractivity contribution is 6.24. The van der Waals surface area contributed by atoms with Gasteiger partial charge in [0.25, 0.3) is 5.91 Å². The molecule has 24 heavy (non-hydrogen) atoms. The van der Waals surface area contributed by atoms with Gasteiger partial charge >= 0.3 is 0 Å². The van der Waals surface area contributed by atoms with Crippen molar-refractivity contribution >= 4 is 17.6 Å². The lowest BCUT2D eigenvalue weighted by molar-refractivity contribution is -0.115. The summed E-state index contributed by atoms with van der Waals surface area (Å²) in [5.74, 6) is -0.0606. The number of carbonyl (C=O) groups excluding carboxylic acids is 1. The van der Waals surface area contributed by atoms with Gasteiger partial charge in [-0.05, 0) is 37.5 Å². The smallest absolute Gasteiger partial charge is 0.251 e. The molecule has 0 radical (unpaired) electrons. The van der Waals surface area contributed by atoms with Crippen LogP contribution in [0.3, 0.4) is 0 Å². The lowest BCUT2D eigenvalue weighted by Crippen LogP contribution is -2.26. The van der Waals surface area contributed by atoms with Gasteiger partial charge in [0, 0.05) is 18.7 Å². The lowest BCUT2D eigenvalue weighted by Gasteiger charge is -2.11. The fraction of sp³-hybridized carbons (Fsp3) is 0.286. The second kappa shape index (κ2) is 9.68. The molecule has 2 aromatic carbocycles. The molecule has 0 bridgehead atoms. The molecule has 0 heterocycles. The van der Waals surface area contributed by atoms with Crippen molar-refractivity contribution < 1.29 is 9.53 Å². The van der Waals surface area contributed by atoms with Crippen LogP contribution in [0.15, 0.2) is 60.7 Å². The summed E-state index contributed by atoms with van der Waals surface area (Å²) < 4.78 is 5.50. The van der Waals surface area contributed by atoms with Crippen LogP contribution in [0.25, 0.3) is 11.6 Å². The number of nitrogens with one attached hydrogen (secondary N) is 1. The molecule has 2 aromatic rings. The van der Waals surface area contributed by atoms with Gasteiger partial charge in [-0.25, -0.2) is 0 Å². The first-order valence-electron chi connectivity index (χ1n) is 8.39. The third-order valence-electron chi connectivity index (χ3n) is 3.50. The van der Waals surface area contributed by atoms with Crippen LogP contribution in [0.1, 0.15) is 31.4 Å². The summed E-state index contributed by atoms with van der Waals surface area (Å²) in [5.41, 5.74) is 2.60. The summed E-state index contributed by atoms with van der Waals surface area (Å²) in [7, 11) is 0. The molecule has 1 amide bonds. The van der Waals surface area contributed by atoms with E-state index in [1.54, 1.807) is 0 Å². The highest BCUT2D eigenvalue weighted by Gasteiger charge is 2.11. The molecule has 2 rings (SSSR count). The van der Waals surface area contributed by atoms with Crippen LogP contribution in [-0.2, 0) is 9.53 Å². The number of hydrogen-bond donors (Lipinski definition) is 1. The molecule has 0 unspecified atom stereocenters. The Morgan fingerprint density at radius 3 is 2.29 bits per heavy atom. The summed E-state index contributed by atoms with van der Waals surface area (Å²) in [5, 5.41) is 2.99. The molecular weight excluding hydrogens is 298 g/mol. The van der Waals surface area contributed by atoms with Crippen molar-refractivity contribution in [3.8, 4) is 0 Å². The summed E-state index contributed by atoms with van der Waals surface area (Å²) in [4.78, 5) is 12.6. The van der Waals surface area contributed by atoms with Gasteiger partial charge in [0.05, 0.1) is 6.10 Å². The van der Waals surface area contributed by atoms with E-state index in [2.05, 4.69) is 5.32 Å². The van der Waals surface area contributed by atoms with E-state index < -0.39 is 0 Å². The Morgan fingerprint density at radius 2 is 1.67 bits per heavy atom. The molecule has 0 fully saturated rings. The Balaban J connectivity index is 2.06. The molecule has 0 atom stereocenters. The molecule has 1 N–H and O–H groups in total. The second-order valence-corrected chi connectivity index (χ2v) is 5.86. The van der Waals surface area contributed by atoms with E-state index in [1.165, 1.54) is 0 Å². The molecule has 0 aromatic heterocycles. The van der Waals surface area contributed by atoms with Crippen LogP contribution in [0.5, 0.6) is 0 Å². The highest BCUT2D eigenvalue weighted by atomic mass is 16.5. The van der Waals surface area contributed by atoms with Crippen LogP contribution in [0, 0.1) is 0 Å². The van der Waals surface area contributed by atoms with Crippen molar-refractivity contribution in [3.05, 3.63) is 71.8 Å². The van der Waals surface area contributed by atoms with E-state index in [0.29, 0.717) is 18.7 Å². The van der Waals surface area contributed by atoms with Crippen LogP contribution < -0.4 is 5.32 Å². The number of ether oxygens (including phenoxy) is 1. The standard InChI is InChI=1S/C21H25NO2/c1-17(2)24-15-9-14-22-21(23)20(19-12-7-4-8-13-19)16-18-10-5-3-6-11-18/h3-8,10-13,16-17H,9,14-15H2,1-2H3,(H,22,23)/b20-16-. The quantitative estimate of drug-likeness (QED) is 0.450. The zero-order chi connectivity index (χ0) is 17.2. The first-order chi connectivity index (χ1) is 11.7. The monoisotopic (exact) mass is 323 g/mol. The molecule has 0 saturated carbocycles. The zero-order valence-corrected chi connectivity index (χ0v) is 14.4. The molecule has 3 nitrogen and oxygen atoms in total. The Hall–Kier alpha value is -2.39. The van der Waals surface area contributed by atoms with Gasteiger partial charge in [-0.2, -0.15) is 0 Å². The van der Waals surface area contributed by atoms with Gasteiger partial charge in [-0.3, -0.25) is 4.79 Å². The first kappa shape index (κ1) is 18.0. The third-order valence-corrected chi connectivity index (χ3v) is 3.50. The largest absolute Gasteiger partial charge is 0.379 e. The van der Waals surface area contributed by atoms with Crippen molar-refractivity contribution in [1.82, 2.24) is 5.32 Å². The highest BCUT2D eigenvalue weighted by Crippen LogP contribution is 2.18. The second-order valence-electron chi connectivity index (χ2n) is 5.86. The molecular formula is C21H25NO2. The van der Waals surface area contributed by atoms with Gasteiger partial charge in [-0.1, -0.05) is 60.7 Å². The summed E-state index contributed by atoms with van der Waals surface area (Å²) in [6, 6.07) is 19.6. The van der Waals surface area contributed by atoms with Gasteiger partial charge < -0.3 is 10.1 Å². The molecule has 0 aliphatic carbocycles. The minimum Gasteiger partial charge on any atom is -0.379 e. The zero-order valence-electron chi connectivity index (χ0n) is 14.4. The minimum atomic E-state index is -0.0606. The van der Waals surface area contributed by atoms with E-state index in [1.807, 2.05) is 80.6 Å². The van der Waals surface area contributed by atoms with Crippen LogP contribution in [0.4, 0.5) is 0 Å². The molecule has 0 aliphatic rings. The third kappa shape index (κ3) is 6.01. The maximum absolute atomic E-state index is 12.6. The molecule has 126 valence electrons. The molecule has 3 heteroatoms. The Bertz CT molecular complexity index is 648. The van der Waals surface area contributed by atoms with Crippen molar-refractivity contribution in [2.24, 2.45) is 0 Å². The summed E-state index contributed by atoms with van der Waals surface area (Å²) in [6.45, 7) is 5.27. The van der Waals surface area contributed by atoms with Gasteiger partial charge in [0.15, 0.2) is 0 Å². The Morgan fingerprint density at radius 1 is 1.04 bits per heavy atom. The SMILES string of the molecule is CC(C)OCCCNC(=O)/C(=C\c1ccccc1)c1ccccc1. The first-order valence-corrected chi connectivity index (χ1v) is 8.39. The van der Waals surface area contributed by atoms with Crippen LogP contribution in [-0.4, -0.2) is 25.2 Å². The number of carbonyl (C=O) groups is 1. The number of amides is 1. The topological polar surface area (TPSA) is 38.3 Å². The average Bonchev–Trinajstić information content (AvgIpc) is 2.60. The van der Waals surface area contributed by atoms with E-state index in [9.17, 15) is 4.79 Å². The van der Waals surface area contributed by atoms with Crippen molar-refractivity contribution in [3.63, 3.8) is 0 Å². The lowest BCUT2D eigenvalue weighted by atomic mass is 10.0. The minimum absolute atomic E-state index is 0.0606. The fourth-order valence-electron chi connectivity index (χ4n) is 2.30. The van der Waals surface area contributed by atoms with Gasteiger partial charge in [0.1, 0.15) is 0 Å². The maximum Gasteiger partial charge on any atom is 0.251 e. The Kier molecular flexibility index (Phi) is 7.24. The number of rotatable bonds is 8. The fourth-order valence-corrected chi connectivity index (χ4v) is 2.30. The summed E-state index contributed by atoms with van der Waals surface area (Å²) >= 11 is 0. The normalized spacial score (nSPS) is 11.5. The van der Waals surface area contributed by atoms with Crippen LogP contribution >= 0.6 is 0 Å².